The van der Waals surface area contributed by atoms with Crippen LogP contribution in [0.25, 0.3) is 16.9 Å². The molecule has 0 atom stereocenters. The zero-order valence-electron chi connectivity index (χ0n) is 13.8. The van der Waals surface area contributed by atoms with Gasteiger partial charge in [0.05, 0.1) is 30.1 Å². The molecule has 7 nitrogen and oxygen atoms in total. The van der Waals surface area contributed by atoms with Crippen molar-refractivity contribution < 1.29 is 9.53 Å². The fraction of sp³-hybridized carbons (Fsp3) is 0.111. The second kappa shape index (κ2) is 6.61. The predicted molar refractivity (Wildman–Crippen MR) is 96.1 cm³/mol. The Labute approximate surface area is 153 Å². The Bertz CT molecular complexity index is 1090. The van der Waals surface area contributed by atoms with Crippen molar-refractivity contribution in [3.8, 4) is 11.3 Å². The second-order valence-corrected chi connectivity index (χ2v) is 6.04. The lowest BCUT2D eigenvalue weighted by molar-refractivity contribution is 0.0586. The van der Waals surface area contributed by atoms with Crippen LogP contribution in [0.3, 0.4) is 0 Å². The van der Waals surface area contributed by atoms with E-state index < -0.39 is 5.97 Å². The molecular weight excluding hydrogens is 354 g/mol. The van der Waals surface area contributed by atoms with Gasteiger partial charge in [-0.1, -0.05) is 41.9 Å². The van der Waals surface area contributed by atoms with Crippen molar-refractivity contribution in [1.29, 1.82) is 0 Å². The number of carbonyl (C=O) groups excluding carboxylic acids is 1. The van der Waals surface area contributed by atoms with Crippen molar-refractivity contribution in [3.05, 3.63) is 71.5 Å². The summed E-state index contributed by atoms with van der Waals surface area (Å²) in [5.41, 5.74) is 3.46. The summed E-state index contributed by atoms with van der Waals surface area (Å²) in [6.45, 7) is 0.371. The maximum atomic E-state index is 11.6. The van der Waals surface area contributed by atoms with E-state index in [0.717, 1.165) is 22.6 Å². The average Bonchev–Trinajstić information content (AvgIpc) is 3.27. The number of hydrogen-bond acceptors (Lipinski definition) is 5. The lowest BCUT2D eigenvalue weighted by Crippen LogP contribution is -2.08. The molecular formula is C18H14ClN5O2. The lowest BCUT2D eigenvalue weighted by Gasteiger charge is -2.06. The molecule has 0 aliphatic carbocycles. The van der Waals surface area contributed by atoms with Gasteiger partial charge in [0.1, 0.15) is 12.0 Å². The van der Waals surface area contributed by atoms with Gasteiger partial charge in [0.25, 0.3) is 5.82 Å². The fourth-order valence-corrected chi connectivity index (χ4v) is 2.92. The van der Waals surface area contributed by atoms with Crippen molar-refractivity contribution in [2.75, 3.05) is 7.11 Å². The molecule has 0 fully saturated rings. The number of carbonyl (C=O) groups is 1. The van der Waals surface area contributed by atoms with Gasteiger partial charge < -0.3 is 9.14 Å². The van der Waals surface area contributed by atoms with E-state index in [1.807, 2.05) is 47.0 Å². The SMILES string of the molecule is COC(=O)c1ncn(Cc2c(-c3ccccc3)nc3ccc(Cl)cn23)n1. The van der Waals surface area contributed by atoms with Crippen molar-refractivity contribution in [1.82, 2.24) is 24.1 Å². The minimum Gasteiger partial charge on any atom is -0.463 e. The van der Waals surface area contributed by atoms with E-state index in [9.17, 15) is 4.79 Å². The van der Waals surface area contributed by atoms with Gasteiger partial charge in [-0.2, -0.15) is 0 Å². The third-order valence-electron chi connectivity index (χ3n) is 3.94. The summed E-state index contributed by atoms with van der Waals surface area (Å²) in [7, 11) is 1.29. The third kappa shape index (κ3) is 2.93. The summed E-state index contributed by atoms with van der Waals surface area (Å²) in [6.07, 6.45) is 3.30. The molecule has 0 amide bonds. The molecule has 0 N–H and O–H groups in total. The van der Waals surface area contributed by atoms with Crippen LogP contribution < -0.4 is 0 Å². The van der Waals surface area contributed by atoms with Gasteiger partial charge in [0.15, 0.2) is 0 Å². The number of rotatable bonds is 4. The van der Waals surface area contributed by atoms with Crippen molar-refractivity contribution in [2.24, 2.45) is 0 Å². The van der Waals surface area contributed by atoms with E-state index in [1.165, 1.54) is 13.4 Å². The Morgan fingerprint density at radius 3 is 2.77 bits per heavy atom. The van der Waals surface area contributed by atoms with E-state index in [0.29, 0.717) is 11.6 Å². The standard InChI is InChI=1S/C18H14ClN5O2/c1-26-18(25)17-20-11-23(22-17)10-14-16(12-5-3-2-4-6-12)21-15-8-7-13(19)9-24(14)15/h2-9,11H,10H2,1H3. The molecule has 26 heavy (non-hydrogen) atoms. The molecule has 0 aliphatic heterocycles. The Balaban J connectivity index is 1.83. The molecule has 0 radical (unpaired) electrons. The van der Waals surface area contributed by atoms with E-state index in [-0.39, 0.29) is 5.82 Å². The average molecular weight is 368 g/mol. The highest BCUT2D eigenvalue weighted by atomic mass is 35.5. The van der Waals surface area contributed by atoms with Gasteiger partial charge in [-0.15, -0.1) is 5.10 Å². The van der Waals surface area contributed by atoms with Gasteiger partial charge in [-0.25, -0.2) is 19.4 Å². The number of benzene rings is 1. The summed E-state index contributed by atoms with van der Waals surface area (Å²) >= 11 is 6.17. The zero-order chi connectivity index (χ0) is 18.1. The minimum absolute atomic E-state index is 0.0145. The molecule has 0 saturated heterocycles. The van der Waals surface area contributed by atoms with Crippen LogP contribution in [0.2, 0.25) is 5.02 Å². The second-order valence-electron chi connectivity index (χ2n) is 5.61. The Kier molecular flexibility index (Phi) is 4.14. The number of fused-ring (bicyclic) bond motifs is 1. The van der Waals surface area contributed by atoms with Gasteiger partial charge >= 0.3 is 5.97 Å². The van der Waals surface area contributed by atoms with Crippen molar-refractivity contribution >= 4 is 23.2 Å². The van der Waals surface area contributed by atoms with Crippen LogP contribution in [0.5, 0.6) is 0 Å². The highest BCUT2D eigenvalue weighted by Gasteiger charge is 2.17. The Morgan fingerprint density at radius 2 is 2.00 bits per heavy atom. The number of methoxy groups -OCH3 is 1. The Morgan fingerprint density at radius 1 is 1.19 bits per heavy atom. The third-order valence-corrected chi connectivity index (χ3v) is 4.17. The van der Waals surface area contributed by atoms with Crippen LogP contribution >= 0.6 is 11.6 Å². The van der Waals surface area contributed by atoms with E-state index in [4.69, 9.17) is 16.6 Å². The van der Waals surface area contributed by atoms with Crippen LogP contribution in [-0.4, -0.2) is 37.2 Å². The van der Waals surface area contributed by atoms with E-state index in [1.54, 1.807) is 10.7 Å². The predicted octanol–water partition coefficient (Wildman–Crippen LogP) is 3.08. The molecule has 4 aromatic rings. The summed E-state index contributed by atoms with van der Waals surface area (Å²) < 4.78 is 8.14. The fourth-order valence-electron chi connectivity index (χ4n) is 2.75. The van der Waals surface area contributed by atoms with Gasteiger partial charge in [-0.3, -0.25) is 0 Å². The number of hydrogen-bond donors (Lipinski definition) is 0. The molecule has 3 heterocycles. The summed E-state index contributed by atoms with van der Waals surface area (Å²) in [4.78, 5) is 20.3. The summed E-state index contributed by atoms with van der Waals surface area (Å²) in [6, 6.07) is 13.5. The molecule has 0 unspecified atom stereocenters. The number of aromatic nitrogens is 5. The van der Waals surface area contributed by atoms with Crippen LogP contribution in [-0.2, 0) is 11.3 Å². The van der Waals surface area contributed by atoms with Crippen LogP contribution in [0.1, 0.15) is 16.3 Å². The Hall–Kier alpha value is -3.19. The lowest BCUT2D eigenvalue weighted by atomic mass is 10.1. The first-order chi connectivity index (χ1) is 12.7. The molecule has 130 valence electrons. The van der Waals surface area contributed by atoms with Crippen LogP contribution in [0.4, 0.5) is 0 Å². The first-order valence-electron chi connectivity index (χ1n) is 7.85. The molecule has 8 heteroatoms. The number of ether oxygens (including phenoxy) is 1. The van der Waals surface area contributed by atoms with E-state index in [2.05, 4.69) is 14.8 Å². The maximum absolute atomic E-state index is 11.6. The normalized spacial score (nSPS) is 11.0. The zero-order valence-corrected chi connectivity index (χ0v) is 14.6. The number of imidazole rings is 1. The minimum atomic E-state index is -0.576. The number of nitrogens with zero attached hydrogens (tertiary/aromatic N) is 5. The van der Waals surface area contributed by atoms with Crippen LogP contribution in [0, 0.1) is 0 Å². The first kappa shape index (κ1) is 16.3. The number of esters is 1. The molecule has 0 spiro atoms. The largest absolute Gasteiger partial charge is 0.463 e. The monoisotopic (exact) mass is 367 g/mol. The number of halogens is 1. The molecule has 0 aliphatic rings. The summed E-state index contributed by atoms with van der Waals surface area (Å²) in [5.74, 6) is -0.561. The highest BCUT2D eigenvalue weighted by molar-refractivity contribution is 6.30. The van der Waals surface area contributed by atoms with Gasteiger partial charge in [-0.05, 0) is 12.1 Å². The molecule has 4 rings (SSSR count). The quantitative estimate of drug-likeness (QED) is 0.518. The maximum Gasteiger partial charge on any atom is 0.377 e. The molecule has 0 saturated carbocycles. The molecule has 3 aromatic heterocycles. The van der Waals surface area contributed by atoms with Crippen LogP contribution in [0.15, 0.2) is 55.0 Å². The smallest absolute Gasteiger partial charge is 0.377 e. The molecule has 0 bridgehead atoms. The highest BCUT2D eigenvalue weighted by Crippen LogP contribution is 2.26. The van der Waals surface area contributed by atoms with E-state index >= 15 is 0 Å². The number of pyridine rings is 1. The molecule has 1 aromatic carbocycles. The summed E-state index contributed by atoms with van der Waals surface area (Å²) in [5, 5.41) is 4.78. The topological polar surface area (TPSA) is 74.3 Å². The van der Waals surface area contributed by atoms with Gasteiger partial charge in [0, 0.05) is 11.8 Å². The van der Waals surface area contributed by atoms with Crippen molar-refractivity contribution in [3.63, 3.8) is 0 Å². The first-order valence-corrected chi connectivity index (χ1v) is 8.23. The van der Waals surface area contributed by atoms with Crippen molar-refractivity contribution in [2.45, 2.75) is 6.54 Å². The van der Waals surface area contributed by atoms with Gasteiger partial charge in [0.2, 0.25) is 0 Å².